The summed E-state index contributed by atoms with van der Waals surface area (Å²) in [7, 11) is 2.57. The van der Waals surface area contributed by atoms with Crippen LogP contribution in [0.1, 0.15) is 25.0 Å². The molecule has 36 heavy (non-hydrogen) atoms. The topological polar surface area (TPSA) is 192 Å². The molecule has 0 aliphatic heterocycles. The van der Waals surface area contributed by atoms with Crippen molar-refractivity contribution in [2.75, 3.05) is 14.2 Å². The molecule has 2 amide bonds. The van der Waals surface area contributed by atoms with Crippen molar-refractivity contribution in [2.45, 2.75) is 38.8 Å². The fourth-order valence-corrected chi connectivity index (χ4v) is 3.65. The third kappa shape index (κ3) is 6.78. The number of hydrogen-bond donors (Lipinski definition) is 6. The molecule has 0 aliphatic carbocycles. The molecule has 12 nitrogen and oxygen atoms in total. The predicted octanol–water partition coefficient (Wildman–Crippen LogP) is 1.05. The highest BCUT2D eigenvalue weighted by Crippen LogP contribution is 2.45. The van der Waals surface area contributed by atoms with E-state index < -0.39 is 35.8 Å². The fourth-order valence-electron chi connectivity index (χ4n) is 3.65. The van der Waals surface area contributed by atoms with Crippen molar-refractivity contribution in [1.82, 2.24) is 10.6 Å². The number of aromatic hydroxyl groups is 2. The second kappa shape index (κ2) is 11.8. The van der Waals surface area contributed by atoms with Crippen LogP contribution >= 0.6 is 0 Å². The smallest absolute Gasteiger partial charge is 0.326 e. The zero-order valence-electron chi connectivity index (χ0n) is 20.1. The lowest BCUT2D eigenvalue weighted by molar-refractivity contribution is -0.141. The molecular formula is C24H28N2O10. The van der Waals surface area contributed by atoms with Crippen LogP contribution in [0.25, 0.3) is 11.1 Å². The number of phenols is 2. The minimum absolute atomic E-state index is 0.0279. The van der Waals surface area contributed by atoms with E-state index in [9.17, 15) is 39.6 Å². The summed E-state index contributed by atoms with van der Waals surface area (Å²) in [5.41, 5.74) is 0.790. The highest BCUT2D eigenvalue weighted by Gasteiger charge is 2.25. The van der Waals surface area contributed by atoms with E-state index in [4.69, 9.17) is 9.47 Å². The summed E-state index contributed by atoms with van der Waals surface area (Å²) in [6.45, 7) is 2.36. The van der Waals surface area contributed by atoms with Crippen LogP contribution in [0.15, 0.2) is 24.3 Å². The first-order valence-electron chi connectivity index (χ1n) is 10.7. The van der Waals surface area contributed by atoms with Gasteiger partial charge in [0.15, 0.2) is 23.0 Å². The summed E-state index contributed by atoms with van der Waals surface area (Å²) in [5, 5.41) is 45.2. The number of methoxy groups -OCH3 is 2. The number of rotatable bonds is 11. The van der Waals surface area contributed by atoms with Crippen molar-refractivity contribution in [1.29, 1.82) is 0 Å². The van der Waals surface area contributed by atoms with Crippen molar-refractivity contribution in [3.8, 4) is 34.1 Å². The summed E-state index contributed by atoms with van der Waals surface area (Å²) in [6, 6.07) is 3.08. The van der Waals surface area contributed by atoms with Crippen LogP contribution in [0.3, 0.4) is 0 Å². The van der Waals surface area contributed by atoms with Crippen molar-refractivity contribution in [3.05, 3.63) is 35.4 Å². The summed E-state index contributed by atoms with van der Waals surface area (Å²) in [5.74, 6) is -4.45. The van der Waals surface area contributed by atoms with Crippen molar-refractivity contribution in [3.63, 3.8) is 0 Å². The number of nitrogens with one attached hydrogen (secondary N) is 2. The predicted molar refractivity (Wildman–Crippen MR) is 126 cm³/mol. The van der Waals surface area contributed by atoms with Crippen molar-refractivity contribution in [2.24, 2.45) is 0 Å². The van der Waals surface area contributed by atoms with E-state index in [1.165, 1.54) is 52.3 Å². The molecular weight excluding hydrogens is 476 g/mol. The van der Waals surface area contributed by atoms with Gasteiger partial charge in [0.25, 0.3) is 0 Å². The SMILES string of the molecule is COc1cc(C[C@H](NC(C)=O)C(=O)O)cc(-c2cc(C[C@H](NC(C)=O)C(=O)O)cc(OC)c2O)c1O. The Kier molecular flexibility index (Phi) is 9.08. The maximum absolute atomic E-state index is 11.6. The average Bonchev–Trinajstić information content (AvgIpc) is 2.79. The maximum atomic E-state index is 11.6. The van der Waals surface area contributed by atoms with Gasteiger partial charge in [0.2, 0.25) is 11.8 Å². The first-order chi connectivity index (χ1) is 16.9. The van der Waals surface area contributed by atoms with E-state index in [1.54, 1.807) is 0 Å². The number of phenolic OH excluding ortho intramolecular Hbond substituents is 2. The van der Waals surface area contributed by atoms with Gasteiger partial charge in [-0.25, -0.2) is 9.59 Å². The van der Waals surface area contributed by atoms with Crippen LogP contribution < -0.4 is 20.1 Å². The highest BCUT2D eigenvalue weighted by molar-refractivity contribution is 5.85. The van der Waals surface area contributed by atoms with E-state index in [1.807, 2.05) is 0 Å². The van der Waals surface area contributed by atoms with Gasteiger partial charge in [-0.1, -0.05) is 0 Å². The molecule has 2 atom stereocenters. The first kappa shape index (κ1) is 27.8. The number of carbonyl (C=O) groups excluding carboxylic acids is 2. The monoisotopic (exact) mass is 504 g/mol. The molecule has 2 aromatic rings. The van der Waals surface area contributed by atoms with E-state index in [0.29, 0.717) is 11.1 Å². The Balaban J connectivity index is 2.65. The normalized spacial score (nSPS) is 12.2. The standard InChI is InChI=1S/C24H28N2O10/c1-11(27)25-17(23(31)32)7-13-5-15(21(29)19(9-13)35-3)16-6-14(10-20(36-4)22(16)30)8-18(24(33)34)26-12(2)28/h5-6,9-10,17-18,29-30H,7-8H2,1-4H3,(H,25,27)(H,26,28)(H,31,32)(H,33,34)/t17-,18-/m0/s1. The lowest BCUT2D eigenvalue weighted by Crippen LogP contribution is -2.41. The van der Waals surface area contributed by atoms with E-state index in [0.717, 1.165) is 0 Å². The number of hydrogen-bond acceptors (Lipinski definition) is 8. The Bertz CT molecular complexity index is 1090. The van der Waals surface area contributed by atoms with E-state index in [2.05, 4.69) is 10.6 Å². The number of carboxylic acid groups (broad SMARTS) is 2. The Morgan fingerprint density at radius 1 is 0.722 bits per heavy atom. The third-order valence-corrected chi connectivity index (χ3v) is 5.23. The molecule has 0 bridgehead atoms. The number of benzene rings is 2. The number of ether oxygens (including phenoxy) is 2. The quantitative estimate of drug-likeness (QED) is 0.258. The Labute approximate surface area is 206 Å². The van der Waals surface area contributed by atoms with Gasteiger partial charge in [-0.3, -0.25) is 9.59 Å². The van der Waals surface area contributed by atoms with Gasteiger partial charge in [0.05, 0.1) is 14.2 Å². The molecule has 0 heterocycles. The molecule has 6 N–H and O–H groups in total. The van der Waals surface area contributed by atoms with Gasteiger partial charge < -0.3 is 40.5 Å². The third-order valence-electron chi connectivity index (χ3n) is 5.23. The average molecular weight is 504 g/mol. The van der Waals surface area contributed by atoms with Gasteiger partial charge in [-0.05, 0) is 35.4 Å². The first-order valence-corrected chi connectivity index (χ1v) is 10.7. The zero-order valence-corrected chi connectivity index (χ0v) is 20.1. The minimum atomic E-state index is -1.28. The highest BCUT2D eigenvalue weighted by atomic mass is 16.5. The minimum Gasteiger partial charge on any atom is -0.504 e. The molecule has 194 valence electrons. The molecule has 0 unspecified atom stereocenters. The number of aliphatic carboxylic acids is 2. The van der Waals surface area contributed by atoms with E-state index in [-0.39, 0.29) is 47.0 Å². The Hall–Kier alpha value is -4.48. The van der Waals surface area contributed by atoms with Gasteiger partial charge in [0.1, 0.15) is 12.1 Å². The lowest BCUT2D eigenvalue weighted by atomic mass is 9.94. The van der Waals surface area contributed by atoms with Crippen LogP contribution in [0.5, 0.6) is 23.0 Å². The van der Waals surface area contributed by atoms with Gasteiger partial charge in [-0.15, -0.1) is 0 Å². The van der Waals surface area contributed by atoms with Gasteiger partial charge in [-0.2, -0.15) is 0 Å². The molecule has 0 fully saturated rings. The van der Waals surface area contributed by atoms with Crippen LogP contribution in [-0.4, -0.2) is 70.5 Å². The lowest BCUT2D eigenvalue weighted by Gasteiger charge is -2.19. The fraction of sp³-hybridized carbons (Fsp3) is 0.333. The van der Waals surface area contributed by atoms with Crippen LogP contribution in [0, 0.1) is 0 Å². The Morgan fingerprint density at radius 3 is 1.31 bits per heavy atom. The summed E-state index contributed by atoms with van der Waals surface area (Å²) < 4.78 is 10.4. The van der Waals surface area contributed by atoms with Crippen molar-refractivity contribution >= 4 is 23.8 Å². The van der Waals surface area contributed by atoms with Gasteiger partial charge >= 0.3 is 11.9 Å². The largest absolute Gasteiger partial charge is 0.504 e. The molecule has 0 aromatic heterocycles. The Morgan fingerprint density at radius 2 is 1.06 bits per heavy atom. The molecule has 2 aromatic carbocycles. The van der Waals surface area contributed by atoms with E-state index >= 15 is 0 Å². The van der Waals surface area contributed by atoms with Gasteiger partial charge in [0, 0.05) is 37.8 Å². The number of amides is 2. The summed E-state index contributed by atoms with van der Waals surface area (Å²) >= 11 is 0. The molecule has 2 rings (SSSR count). The molecule has 0 saturated carbocycles. The summed E-state index contributed by atoms with van der Waals surface area (Å²) in [6.07, 6.45) is -0.334. The molecule has 0 spiro atoms. The molecule has 0 saturated heterocycles. The molecule has 0 radical (unpaired) electrons. The number of carbonyl (C=O) groups is 4. The van der Waals surface area contributed by atoms with Crippen LogP contribution in [-0.2, 0) is 32.0 Å². The summed E-state index contributed by atoms with van der Waals surface area (Å²) in [4.78, 5) is 46.0. The maximum Gasteiger partial charge on any atom is 0.326 e. The number of carboxylic acids is 2. The van der Waals surface area contributed by atoms with Crippen molar-refractivity contribution < 1.29 is 49.1 Å². The second-order valence-corrected chi connectivity index (χ2v) is 7.98. The second-order valence-electron chi connectivity index (χ2n) is 7.98. The van der Waals surface area contributed by atoms with Crippen LogP contribution in [0.4, 0.5) is 0 Å². The van der Waals surface area contributed by atoms with Crippen LogP contribution in [0.2, 0.25) is 0 Å². The molecule has 12 heteroatoms. The zero-order chi connectivity index (χ0) is 27.2. The molecule has 0 aliphatic rings.